The van der Waals surface area contributed by atoms with Gasteiger partial charge in [0.1, 0.15) is 5.75 Å². The second kappa shape index (κ2) is 15.8. The number of ether oxygens (including phenoxy) is 1. The van der Waals surface area contributed by atoms with E-state index >= 15 is 0 Å². The van der Waals surface area contributed by atoms with E-state index in [0.29, 0.717) is 31.7 Å². The maximum Gasteiger partial charge on any atom is 0.250 e. The van der Waals surface area contributed by atoms with Gasteiger partial charge in [0.2, 0.25) is 15.7 Å². The highest BCUT2D eigenvalue weighted by molar-refractivity contribution is 6.68. The maximum absolute atomic E-state index is 6.20. The minimum Gasteiger partial charge on any atom is -0.497 e. The van der Waals surface area contributed by atoms with Crippen LogP contribution in [-0.4, -0.2) is 82.4 Å². The van der Waals surface area contributed by atoms with E-state index in [-0.39, 0.29) is 13.3 Å². The van der Waals surface area contributed by atoms with E-state index in [0.717, 1.165) is 17.1 Å². The van der Waals surface area contributed by atoms with Crippen molar-refractivity contribution in [3.63, 3.8) is 0 Å². The van der Waals surface area contributed by atoms with E-state index in [1.807, 2.05) is 52.3 Å². The lowest BCUT2D eigenvalue weighted by atomic mass is 10.3. The Morgan fingerprint density at radius 3 is 1.23 bits per heavy atom. The van der Waals surface area contributed by atoms with Gasteiger partial charge < -0.3 is 14.5 Å². The summed E-state index contributed by atoms with van der Waals surface area (Å²) in [6.07, 6.45) is 0. The largest absolute Gasteiger partial charge is 0.497 e. The molecule has 43 heavy (non-hydrogen) atoms. The highest BCUT2D eigenvalue weighted by Gasteiger charge is 2.43. The molecule has 0 bridgehead atoms. The van der Waals surface area contributed by atoms with Crippen LogP contribution in [-0.2, 0) is 0 Å². The van der Waals surface area contributed by atoms with Crippen LogP contribution in [0.5, 0.6) is 5.75 Å². The van der Waals surface area contributed by atoms with Crippen molar-refractivity contribution in [2.24, 2.45) is 0 Å². The number of alkyl halides is 12. The molecule has 2 saturated heterocycles. The van der Waals surface area contributed by atoms with E-state index in [2.05, 4.69) is 0 Å². The molecule has 242 valence electrons. The molecule has 7 nitrogen and oxygen atoms in total. The molecular weight excluding hydrogens is 837 g/mol. The van der Waals surface area contributed by atoms with Gasteiger partial charge in [-0.25, -0.2) is 19.6 Å². The summed E-state index contributed by atoms with van der Waals surface area (Å²) in [5.74, 6) is 0.747. The van der Waals surface area contributed by atoms with E-state index < -0.39 is 15.7 Å². The number of benzene rings is 2. The van der Waals surface area contributed by atoms with E-state index in [9.17, 15) is 0 Å². The molecule has 0 spiro atoms. The van der Waals surface area contributed by atoms with Crippen LogP contribution in [0, 0.1) is 0 Å². The lowest BCUT2D eigenvalue weighted by Gasteiger charge is -2.47. The van der Waals surface area contributed by atoms with Crippen LogP contribution >= 0.6 is 151 Å². The number of nitrogens with zero attached hydrogens (tertiary/aromatic N) is 6. The maximum atomic E-state index is 6.20. The third kappa shape index (κ3) is 11.5. The van der Waals surface area contributed by atoms with Crippen molar-refractivity contribution in [1.29, 1.82) is 0 Å². The lowest BCUT2D eigenvalue weighted by molar-refractivity contribution is 0.0831. The first kappa shape index (κ1) is 38.9. The molecule has 2 aliphatic heterocycles. The molecule has 2 aliphatic rings. The number of hydrogen-bond donors (Lipinski definition) is 0. The van der Waals surface area contributed by atoms with E-state index in [1.54, 1.807) is 23.0 Å². The second-order valence-corrected chi connectivity index (χ2v) is 18.4. The number of halogens is 13. The fourth-order valence-electron chi connectivity index (χ4n) is 3.96. The Hall–Kier alpha value is 1.45. The van der Waals surface area contributed by atoms with Gasteiger partial charge in [-0.15, -0.1) is 0 Å². The van der Waals surface area contributed by atoms with Gasteiger partial charge in [0.25, 0.3) is 0 Å². The summed E-state index contributed by atoms with van der Waals surface area (Å²) in [7, 11) is 1.60. The quantitative estimate of drug-likeness (QED) is 0.224. The van der Waals surface area contributed by atoms with Gasteiger partial charge in [-0.3, -0.25) is 0 Å². The lowest BCUT2D eigenvalue weighted by Crippen LogP contribution is -2.61. The highest BCUT2D eigenvalue weighted by atomic mass is 35.6. The summed E-state index contributed by atoms with van der Waals surface area (Å²) >= 11 is 77.9. The van der Waals surface area contributed by atoms with E-state index in [4.69, 9.17) is 156 Å². The van der Waals surface area contributed by atoms with Gasteiger partial charge in [-0.1, -0.05) is 163 Å². The minimum atomic E-state index is -1.63. The molecule has 0 N–H and O–H groups in total. The van der Waals surface area contributed by atoms with Gasteiger partial charge in [-0.2, -0.15) is 0 Å². The molecule has 2 heterocycles. The summed E-state index contributed by atoms with van der Waals surface area (Å²) in [5, 5.41) is 0.563. The Bertz CT molecular complexity index is 1140. The standard InChI is InChI=1S/C12H13Cl6N3O.C11H10Cl7N3/c1-22-10-4-2-9(3-5-10)19-6-20(11(13,14)15)8-21(7-19)12(16,17)18;12-8-3-1-2-4-9(8)19-5-20(10(13,14)15)7-21(6-19)11(16,17)18/h2-5H,6-8H2,1H3;1-4H,5-7H2. The zero-order chi connectivity index (χ0) is 32.4. The summed E-state index contributed by atoms with van der Waals surface area (Å²) in [6.45, 7) is 1.81. The monoisotopic (exact) mass is 854 g/mol. The van der Waals surface area contributed by atoms with Gasteiger partial charge in [0.15, 0.2) is 0 Å². The molecule has 2 fully saturated rings. The van der Waals surface area contributed by atoms with Crippen LogP contribution < -0.4 is 14.5 Å². The first-order valence-corrected chi connectivity index (χ1v) is 16.8. The smallest absolute Gasteiger partial charge is 0.250 e. The molecule has 0 radical (unpaired) electrons. The van der Waals surface area contributed by atoms with Gasteiger partial charge in [0, 0.05) is 5.69 Å². The molecule has 0 unspecified atom stereocenters. The SMILES string of the molecule is COc1ccc(N2CN(C(Cl)(Cl)Cl)CN(C(Cl)(Cl)Cl)C2)cc1.Clc1ccccc1N1CN(C(Cl)(Cl)Cl)CN(C(Cl)(Cl)Cl)C1. The molecule has 0 aromatic heterocycles. The predicted octanol–water partition coefficient (Wildman–Crippen LogP) is 9.94. The van der Waals surface area contributed by atoms with Crippen molar-refractivity contribution in [2.75, 3.05) is 56.9 Å². The van der Waals surface area contributed by atoms with Crippen molar-refractivity contribution in [2.45, 2.75) is 15.7 Å². The zero-order valence-electron chi connectivity index (χ0n) is 21.9. The van der Waals surface area contributed by atoms with Crippen LogP contribution in [0.15, 0.2) is 48.5 Å². The third-order valence-electron chi connectivity index (χ3n) is 6.11. The first-order valence-electron chi connectivity index (χ1n) is 11.9. The number of para-hydroxylation sites is 1. The normalized spacial score (nSPS) is 18.8. The fraction of sp³-hybridized carbons (Fsp3) is 0.478. The van der Waals surface area contributed by atoms with Crippen molar-refractivity contribution in [3.05, 3.63) is 53.6 Å². The predicted molar refractivity (Wildman–Crippen MR) is 187 cm³/mol. The highest BCUT2D eigenvalue weighted by Crippen LogP contribution is 2.41. The Morgan fingerprint density at radius 2 is 0.884 bits per heavy atom. The zero-order valence-corrected chi connectivity index (χ0v) is 31.7. The number of rotatable bonds is 3. The summed E-state index contributed by atoms with van der Waals surface area (Å²) in [6, 6.07) is 14.7. The topological polar surface area (TPSA) is 28.7 Å². The van der Waals surface area contributed by atoms with Crippen molar-refractivity contribution >= 4 is 162 Å². The van der Waals surface area contributed by atoms with Crippen molar-refractivity contribution < 1.29 is 4.74 Å². The third-order valence-corrected chi connectivity index (χ3v) is 9.30. The first-order chi connectivity index (χ1) is 19.7. The van der Waals surface area contributed by atoms with Crippen LogP contribution in [0.2, 0.25) is 5.02 Å². The summed E-state index contributed by atoms with van der Waals surface area (Å²) in [4.78, 5) is 9.97. The van der Waals surface area contributed by atoms with E-state index in [1.165, 1.54) is 9.80 Å². The van der Waals surface area contributed by atoms with Crippen LogP contribution in [0.25, 0.3) is 0 Å². The molecule has 0 amide bonds. The fourth-order valence-corrected chi connectivity index (χ4v) is 5.50. The number of methoxy groups -OCH3 is 1. The molecule has 2 aromatic rings. The van der Waals surface area contributed by atoms with Crippen LogP contribution in [0.3, 0.4) is 0 Å². The van der Waals surface area contributed by atoms with Gasteiger partial charge >= 0.3 is 0 Å². The Balaban J connectivity index is 0.000000236. The number of anilines is 2. The Morgan fingerprint density at radius 1 is 0.512 bits per heavy atom. The van der Waals surface area contributed by atoms with Gasteiger partial charge in [-0.05, 0) is 36.4 Å². The molecule has 4 rings (SSSR count). The Kier molecular flexibility index (Phi) is 14.3. The number of hydrogen-bond acceptors (Lipinski definition) is 7. The Labute approximate surface area is 315 Å². The molecule has 0 aliphatic carbocycles. The molecule has 20 heteroatoms. The second-order valence-electron chi connectivity index (χ2n) is 9.11. The summed E-state index contributed by atoms with van der Waals surface area (Å²) in [5.41, 5.74) is 1.65. The average Bonchev–Trinajstić information content (AvgIpc) is 2.91. The van der Waals surface area contributed by atoms with Crippen molar-refractivity contribution in [1.82, 2.24) is 19.6 Å². The van der Waals surface area contributed by atoms with Gasteiger partial charge in [0.05, 0.1) is 57.8 Å². The molecule has 0 saturated carbocycles. The minimum absolute atomic E-state index is 0.188. The van der Waals surface area contributed by atoms with Crippen molar-refractivity contribution in [3.8, 4) is 5.75 Å². The average molecular weight is 860 g/mol. The van der Waals surface area contributed by atoms with Crippen LogP contribution in [0.4, 0.5) is 11.4 Å². The summed E-state index contributed by atoms with van der Waals surface area (Å²) < 4.78 is -1.34. The molecule has 2 aromatic carbocycles. The molecular formula is C23H23Cl13N6O. The van der Waals surface area contributed by atoms with Crippen LogP contribution in [0.1, 0.15) is 0 Å². The molecule has 0 atom stereocenters.